The number of nitro benzene ring substituents is 1. The van der Waals surface area contributed by atoms with Crippen molar-refractivity contribution in [1.82, 2.24) is 10.2 Å². The highest BCUT2D eigenvalue weighted by molar-refractivity contribution is 8.00. The van der Waals surface area contributed by atoms with E-state index in [4.69, 9.17) is 9.47 Å². The Labute approximate surface area is 146 Å². The maximum atomic E-state index is 11.1. The van der Waals surface area contributed by atoms with Gasteiger partial charge in [0.25, 0.3) is 5.69 Å². The number of anilines is 1. The Hall–Kier alpha value is -1.91. The predicted octanol–water partition coefficient (Wildman–Crippen LogP) is 3.43. The van der Waals surface area contributed by atoms with Crippen molar-refractivity contribution < 1.29 is 14.4 Å². The summed E-state index contributed by atoms with van der Waals surface area (Å²) in [5.41, 5.74) is 1.50. The monoisotopic (exact) mass is 368 g/mol. The summed E-state index contributed by atoms with van der Waals surface area (Å²) in [7, 11) is 0. The first-order valence-electron chi connectivity index (χ1n) is 7.26. The second-order valence-electron chi connectivity index (χ2n) is 5.42. The van der Waals surface area contributed by atoms with E-state index in [0.717, 1.165) is 15.0 Å². The van der Waals surface area contributed by atoms with Crippen LogP contribution in [0, 0.1) is 10.1 Å². The zero-order chi connectivity index (χ0) is 17.1. The van der Waals surface area contributed by atoms with E-state index in [1.54, 1.807) is 6.07 Å². The smallest absolute Gasteiger partial charge is 0.270 e. The lowest BCUT2D eigenvalue weighted by atomic mass is 10.1. The standard InChI is InChI=1S/C14H16N4O4S2/c1-8(2)15-13-16-17-14(24-13)23-6-10-4-11(18(19)20)3-9-5-21-7-22-12(9)10/h3-4,8H,5-7H2,1-2H3,(H,15,16). The second kappa shape index (κ2) is 7.32. The van der Waals surface area contributed by atoms with Crippen molar-refractivity contribution in [2.75, 3.05) is 12.1 Å². The fourth-order valence-electron chi connectivity index (χ4n) is 2.21. The van der Waals surface area contributed by atoms with Crippen LogP contribution in [0.25, 0.3) is 0 Å². The number of rotatable bonds is 6. The summed E-state index contributed by atoms with van der Waals surface area (Å²) in [6.07, 6.45) is 0. The summed E-state index contributed by atoms with van der Waals surface area (Å²) < 4.78 is 11.5. The van der Waals surface area contributed by atoms with Crippen LogP contribution >= 0.6 is 23.1 Å². The van der Waals surface area contributed by atoms with E-state index in [1.165, 1.54) is 29.2 Å². The summed E-state index contributed by atoms with van der Waals surface area (Å²) in [5, 5.41) is 23.3. The molecule has 10 heteroatoms. The molecule has 1 aliphatic heterocycles. The molecular formula is C14H16N4O4S2. The fourth-order valence-corrected chi connectivity index (χ4v) is 4.07. The molecule has 8 nitrogen and oxygen atoms in total. The normalized spacial score (nSPS) is 13.5. The molecule has 0 unspecified atom stereocenters. The van der Waals surface area contributed by atoms with Gasteiger partial charge in [0.15, 0.2) is 11.1 Å². The van der Waals surface area contributed by atoms with E-state index in [1.807, 2.05) is 13.8 Å². The minimum absolute atomic E-state index is 0.0397. The summed E-state index contributed by atoms with van der Waals surface area (Å²) in [5.74, 6) is 1.18. The van der Waals surface area contributed by atoms with Gasteiger partial charge in [0, 0.05) is 35.1 Å². The van der Waals surface area contributed by atoms with Crippen LogP contribution in [-0.4, -0.2) is 28.0 Å². The molecule has 2 aromatic rings. The average Bonchev–Trinajstić information content (AvgIpc) is 2.98. The minimum Gasteiger partial charge on any atom is -0.467 e. The predicted molar refractivity (Wildman–Crippen MR) is 91.6 cm³/mol. The Morgan fingerprint density at radius 1 is 1.46 bits per heavy atom. The first-order valence-corrected chi connectivity index (χ1v) is 9.06. The first-order chi connectivity index (χ1) is 11.5. The number of nitrogens with zero attached hydrogens (tertiary/aromatic N) is 3. The van der Waals surface area contributed by atoms with Gasteiger partial charge in [0.2, 0.25) is 5.13 Å². The number of nitrogens with one attached hydrogen (secondary N) is 1. The van der Waals surface area contributed by atoms with Crippen LogP contribution in [0.4, 0.5) is 10.8 Å². The number of aromatic nitrogens is 2. The summed E-state index contributed by atoms with van der Waals surface area (Å²) >= 11 is 2.93. The molecule has 0 bridgehead atoms. The zero-order valence-corrected chi connectivity index (χ0v) is 14.8. The van der Waals surface area contributed by atoms with Gasteiger partial charge >= 0.3 is 0 Å². The highest BCUT2D eigenvalue weighted by atomic mass is 32.2. The van der Waals surface area contributed by atoms with Gasteiger partial charge in [-0.2, -0.15) is 0 Å². The Bertz CT molecular complexity index is 750. The van der Waals surface area contributed by atoms with E-state index in [0.29, 0.717) is 23.7 Å². The number of non-ortho nitro benzene ring substituents is 1. The van der Waals surface area contributed by atoms with Gasteiger partial charge in [0.05, 0.1) is 11.5 Å². The van der Waals surface area contributed by atoms with Gasteiger partial charge < -0.3 is 14.8 Å². The van der Waals surface area contributed by atoms with E-state index in [9.17, 15) is 10.1 Å². The second-order valence-corrected chi connectivity index (χ2v) is 7.62. The van der Waals surface area contributed by atoms with Crippen molar-refractivity contribution in [2.45, 2.75) is 36.6 Å². The van der Waals surface area contributed by atoms with Crippen LogP contribution in [0.2, 0.25) is 0 Å². The number of hydrogen-bond donors (Lipinski definition) is 1. The molecule has 1 aromatic heterocycles. The van der Waals surface area contributed by atoms with Crippen molar-refractivity contribution in [3.63, 3.8) is 0 Å². The highest BCUT2D eigenvalue weighted by Gasteiger charge is 2.21. The van der Waals surface area contributed by atoms with Crippen LogP contribution in [0.1, 0.15) is 25.0 Å². The fraction of sp³-hybridized carbons (Fsp3) is 0.429. The van der Waals surface area contributed by atoms with Gasteiger partial charge in [-0.1, -0.05) is 23.1 Å². The first kappa shape index (κ1) is 16.9. The number of benzene rings is 1. The summed E-state index contributed by atoms with van der Waals surface area (Å²) in [6.45, 7) is 4.53. The largest absolute Gasteiger partial charge is 0.467 e. The van der Waals surface area contributed by atoms with E-state index in [-0.39, 0.29) is 18.5 Å². The molecule has 1 N–H and O–H groups in total. The minimum atomic E-state index is -0.404. The number of thioether (sulfide) groups is 1. The van der Waals surface area contributed by atoms with Gasteiger partial charge in [0.1, 0.15) is 5.75 Å². The molecule has 2 heterocycles. The third-order valence-electron chi connectivity index (χ3n) is 3.15. The molecule has 1 aromatic carbocycles. The molecule has 0 amide bonds. The molecule has 3 rings (SSSR count). The van der Waals surface area contributed by atoms with Crippen LogP contribution < -0.4 is 10.1 Å². The van der Waals surface area contributed by atoms with Gasteiger partial charge in [-0.15, -0.1) is 10.2 Å². The van der Waals surface area contributed by atoms with Crippen molar-refractivity contribution in [3.8, 4) is 5.75 Å². The molecule has 0 atom stereocenters. The molecule has 1 aliphatic rings. The van der Waals surface area contributed by atoms with Crippen molar-refractivity contribution >= 4 is 33.9 Å². The quantitative estimate of drug-likeness (QED) is 0.470. The Morgan fingerprint density at radius 3 is 3.04 bits per heavy atom. The number of nitro groups is 1. The third kappa shape index (κ3) is 3.94. The molecule has 0 saturated heterocycles. The maximum Gasteiger partial charge on any atom is 0.270 e. The van der Waals surface area contributed by atoms with Crippen LogP contribution in [-0.2, 0) is 17.1 Å². The van der Waals surface area contributed by atoms with Gasteiger partial charge in [-0.3, -0.25) is 10.1 Å². The number of fused-ring (bicyclic) bond motifs is 1. The molecule has 128 valence electrons. The van der Waals surface area contributed by atoms with E-state index >= 15 is 0 Å². The molecule has 24 heavy (non-hydrogen) atoms. The molecule has 0 fully saturated rings. The van der Waals surface area contributed by atoms with Crippen molar-refractivity contribution in [2.24, 2.45) is 0 Å². The van der Waals surface area contributed by atoms with Gasteiger partial charge in [-0.25, -0.2) is 0 Å². The summed E-state index contributed by atoms with van der Waals surface area (Å²) in [6, 6.07) is 3.33. The van der Waals surface area contributed by atoms with E-state index < -0.39 is 4.92 Å². The molecule has 0 aliphatic carbocycles. The Kier molecular flexibility index (Phi) is 5.17. The van der Waals surface area contributed by atoms with Gasteiger partial charge in [-0.05, 0) is 13.8 Å². The van der Waals surface area contributed by atoms with Crippen LogP contribution in [0.5, 0.6) is 5.75 Å². The number of ether oxygens (including phenoxy) is 2. The van der Waals surface area contributed by atoms with E-state index in [2.05, 4.69) is 15.5 Å². The lowest BCUT2D eigenvalue weighted by Crippen LogP contribution is -2.13. The Morgan fingerprint density at radius 2 is 2.29 bits per heavy atom. The molecule has 0 saturated carbocycles. The summed E-state index contributed by atoms with van der Waals surface area (Å²) in [4.78, 5) is 10.7. The van der Waals surface area contributed by atoms with Crippen LogP contribution in [0.15, 0.2) is 16.5 Å². The van der Waals surface area contributed by atoms with Crippen LogP contribution in [0.3, 0.4) is 0 Å². The molecular weight excluding hydrogens is 352 g/mol. The molecule has 0 spiro atoms. The number of hydrogen-bond acceptors (Lipinski definition) is 9. The topological polar surface area (TPSA) is 99.4 Å². The highest BCUT2D eigenvalue weighted by Crippen LogP contribution is 2.37. The van der Waals surface area contributed by atoms with Crippen molar-refractivity contribution in [3.05, 3.63) is 33.4 Å². The third-order valence-corrected chi connectivity index (χ3v) is 5.19. The zero-order valence-electron chi connectivity index (χ0n) is 13.1. The van der Waals surface area contributed by atoms with Crippen molar-refractivity contribution in [1.29, 1.82) is 0 Å². The molecule has 0 radical (unpaired) electrons. The average molecular weight is 368 g/mol. The maximum absolute atomic E-state index is 11.1. The lowest BCUT2D eigenvalue weighted by molar-refractivity contribution is -0.385. The Balaban J connectivity index is 1.77. The SMILES string of the molecule is CC(C)Nc1nnc(SCc2cc([N+](=O)[O-])cc3c2OCOC3)s1. The lowest BCUT2D eigenvalue weighted by Gasteiger charge is -2.20.